The number of benzene rings is 1. The van der Waals surface area contributed by atoms with Crippen LogP contribution in [0.25, 0.3) is 10.9 Å². The molecule has 0 fully saturated rings. The van der Waals surface area contributed by atoms with Crippen molar-refractivity contribution in [3.63, 3.8) is 0 Å². The molecule has 1 aromatic heterocycles. The predicted octanol–water partition coefficient (Wildman–Crippen LogP) is 2.23. The Morgan fingerprint density at radius 3 is 2.71 bits per heavy atom. The molecule has 0 amide bonds. The van der Waals surface area contributed by atoms with E-state index in [4.69, 9.17) is 10.7 Å². The Bertz CT molecular complexity index is 590. The maximum absolute atomic E-state index is 13.2. The Morgan fingerprint density at radius 1 is 1.36 bits per heavy atom. The van der Waals surface area contributed by atoms with Gasteiger partial charge in [0.2, 0.25) is 0 Å². The second-order valence-corrected chi connectivity index (χ2v) is 5.32. The summed E-state index contributed by atoms with van der Waals surface area (Å²) < 4.78 is 35.1. The van der Waals surface area contributed by atoms with Crippen molar-refractivity contribution < 1.29 is 12.8 Å². The van der Waals surface area contributed by atoms with Gasteiger partial charge in [-0.05, 0) is 18.2 Å². The van der Waals surface area contributed by atoms with Gasteiger partial charge in [-0.2, -0.15) is 0 Å². The highest BCUT2D eigenvalue weighted by molar-refractivity contribution is 8.13. The summed E-state index contributed by atoms with van der Waals surface area (Å²) in [7, 11) is 1.03. The molecular formula is C8H5ClFNO2S. The Morgan fingerprint density at radius 2 is 2.07 bits per heavy atom. The molecular weight excluding hydrogens is 229 g/mol. The molecule has 0 aliphatic rings. The van der Waals surface area contributed by atoms with Gasteiger partial charge in [0.05, 0.1) is 0 Å². The van der Waals surface area contributed by atoms with Crippen molar-refractivity contribution in [1.29, 1.82) is 0 Å². The lowest BCUT2D eigenvalue weighted by molar-refractivity contribution is 0.577. The molecule has 74 valence electrons. The molecule has 0 saturated heterocycles. The van der Waals surface area contributed by atoms with Crippen LogP contribution in [-0.2, 0) is 9.05 Å². The molecule has 0 unspecified atom stereocenters. The van der Waals surface area contributed by atoms with E-state index in [0.717, 1.165) is 6.07 Å². The average Bonchev–Trinajstić information content (AvgIpc) is 2.47. The van der Waals surface area contributed by atoms with E-state index in [0.29, 0.717) is 10.9 Å². The van der Waals surface area contributed by atoms with Crippen LogP contribution in [0.3, 0.4) is 0 Å². The molecule has 14 heavy (non-hydrogen) atoms. The minimum absolute atomic E-state index is 0.494. The molecule has 2 rings (SSSR count). The van der Waals surface area contributed by atoms with Gasteiger partial charge in [-0.3, -0.25) is 0 Å². The van der Waals surface area contributed by atoms with Crippen molar-refractivity contribution in [3.8, 4) is 0 Å². The van der Waals surface area contributed by atoms with Gasteiger partial charge in [-0.1, -0.05) is 0 Å². The molecule has 1 heterocycles. The summed E-state index contributed by atoms with van der Waals surface area (Å²) in [5, 5.41) is 0.602. The molecule has 2 aromatic rings. The second-order valence-electron chi connectivity index (χ2n) is 2.79. The smallest absolute Gasteiger partial charge is 0.264 e. The predicted molar refractivity (Wildman–Crippen MR) is 51.3 cm³/mol. The monoisotopic (exact) mass is 233 g/mol. The molecule has 0 atom stereocenters. The van der Waals surface area contributed by atoms with E-state index < -0.39 is 19.8 Å². The van der Waals surface area contributed by atoms with Crippen molar-refractivity contribution >= 4 is 30.6 Å². The number of aromatic amines is 1. The topological polar surface area (TPSA) is 49.9 Å². The first-order chi connectivity index (χ1) is 6.48. The van der Waals surface area contributed by atoms with Crippen LogP contribution in [0.5, 0.6) is 0 Å². The molecule has 3 nitrogen and oxygen atoms in total. The summed E-state index contributed by atoms with van der Waals surface area (Å²) in [6.07, 6.45) is 1.59. The summed E-state index contributed by atoms with van der Waals surface area (Å²) >= 11 is 0. The van der Waals surface area contributed by atoms with Crippen LogP contribution in [0, 0.1) is 5.82 Å². The van der Waals surface area contributed by atoms with Crippen molar-refractivity contribution in [3.05, 3.63) is 30.2 Å². The molecule has 0 aliphatic carbocycles. The van der Waals surface area contributed by atoms with Crippen LogP contribution < -0.4 is 0 Å². The average molecular weight is 234 g/mol. The number of aromatic nitrogens is 1. The molecule has 1 aromatic carbocycles. The van der Waals surface area contributed by atoms with Gasteiger partial charge in [0.25, 0.3) is 9.05 Å². The van der Waals surface area contributed by atoms with E-state index >= 15 is 0 Å². The third kappa shape index (κ3) is 1.49. The first-order valence-electron chi connectivity index (χ1n) is 3.70. The van der Waals surface area contributed by atoms with E-state index in [9.17, 15) is 12.8 Å². The maximum atomic E-state index is 13.2. The van der Waals surface area contributed by atoms with Gasteiger partial charge in [0.15, 0.2) is 0 Å². The normalized spacial score (nSPS) is 12.1. The zero-order chi connectivity index (χ0) is 10.3. The summed E-state index contributed by atoms with van der Waals surface area (Å²) in [6.45, 7) is 0. The fraction of sp³-hybridized carbons (Fsp3) is 0. The van der Waals surface area contributed by atoms with Gasteiger partial charge in [-0.15, -0.1) is 0 Å². The molecule has 0 saturated carbocycles. The van der Waals surface area contributed by atoms with E-state index in [1.165, 1.54) is 6.07 Å². The van der Waals surface area contributed by atoms with Crippen molar-refractivity contribution in [2.75, 3.05) is 0 Å². The zero-order valence-corrected chi connectivity index (χ0v) is 8.36. The SMILES string of the molecule is O=S(=O)(Cl)c1cc2cc[nH]c2cc1F. The van der Waals surface area contributed by atoms with Crippen LogP contribution in [-0.4, -0.2) is 13.4 Å². The quantitative estimate of drug-likeness (QED) is 0.768. The first-order valence-corrected chi connectivity index (χ1v) is 6.01. The summed E-state index contributed by atoms with van der Waals surface area (Å²) in [4.78, 5) is 2.27. The summed E-state index contributed by atoms with van der Waals surface area (Å²) in [6, 6.07) is 3.94. The maximum Gasteiger partial charge on any atom is 0.264 e. The van der Waals surface area contributed by atoms with Crippen molar-refractivity contribution in [2.45, 2.75) is 4.90 Å². The van der Waals surface area contributed by atoms with Crippen molar-refractivity contribution in [2.24, 2.45) is 0 Å². The lowest BCUT2D eigenvalue weighted by Gasteiger charge is -1.98. The number of halogens is 2. The summed E-state index contributed by atoms with van der Waals surface area (Å²) in [5.41, 5.74) is 0.534. The van der Waals surface area contributed by atoms with E-state index in [-0.39, 0.29) is 0 Å². The molecule has 0 aliphatic heterocycles. The standard InChI is InChI=1S/C8H5ClFNO2S/c9-14(12,13)8-3-5-1-2-11-7(5)4-6(8)10/h1-4,11H. The minimum Gasteiger partial charge on any atom is -0.361 e. The number of hydrogen-bond donors (Lipinski definition) is 1. The van der Waals surface area contributed by atoms with E-state index in [1.54, 1.807) is 12.3 Å². The molecule has 6 heteroatoms. The number of fused-ring (bicyclic) bond motifs is 1. The molecule has 0 spiro atoms. The number of nitrogens with one attached hydrogen (secondary N) is 1. The largest absolute Gasteiger partial charge is 0.361 e. The van der Waals surface area contributed by atoms with E-state index in [2.05, 4.69) is 4.98 Å². The van der Waals surface area contributed by atoms with Gasteiger partial charge in [-0.25, -0.2) is 12.8 Å². The molecule has 0 bridgehead atoms. The Hall–Kier alpha value is -1.07. The van der Waals surface area contributed by atoms with Crippen molar-refractivity contribution in [1.82, 2.24) is 4.98 Å². The van der Waals surface area contributed by atoms with Gasteiger partial charge >= 0.3 is 0 Å². The Kier molecular flexibility index (Phi) is 2.01. The van der Waals surface area contributed by atoms with E-state index in [1.807, 2.05) is 0 Å². The first kappa shape index (κ1) is 9.48. The Labute approximate surface area is 83.9 Å². The minimum atomic E-state index is -4.02. The Balaban J connectivity index is 2.84. The van der Waals surface area contributed by atoms with Crippen LogP contribution in [0.15, 0.2) is 29.3 Å². The third-order valence-electron chi connectivity index (χ3n) is 1.87. The van der Waals surface area contributed by atoms with Crippen LogP contribution in [0.4, 0.5) is 4.39 Å². The van der Waals surface area contributed by atoms with Gasteiger partial charge in [0, 0.05) is 27.8 Å². The van der Waals surface area contributed by atoms with Crippen LogP contribution in [0.2, 0.25) is 0 Å². The fourth-order valence-electron chi connectivity index (χ4n) is 1.24. The lowest BCUT2D eigenvalue weighted by atomic mass is 10.2. The highest BCUT2D eigenvalue weighted by Gasteiger charge is 2.16. The number of H-pyrrole nitrogens is 1. The number of rotatable bonds is 1. The third-order valence-corrected chi connectivity index (χ3v) is 3.21. The fourth-order valence-corrected chi connectivity index (χ4v) is 2.15. The second kappa shape index (κ2) is 2.96. The zero-order valence-electron chi connectivity index (χ0n) is 6.79. The number of hydrogen-bond acceptors (Lipinski definition) is 2. The van der Waals surface area contributed by atoms with Crippen LogP contribution in [0.1, 0.15) is 0 Å². The van der Waals surface area contributed by atoms with Gasteiger partial charge < -0.3 is 4.98 Å². The lowest BCUT2D eigenvalue weighted by Crippen LogP contribution is -1.94. The molecule has 1 N–H and O–H groups in total. The van der Waals surface area contributed by atoms with Crippen LogP contribution >= 0.6 is 10.7 Å². The molecule has 0 radical (unpaired) electrons. The van der Waals surface area contributed by atoms with Gasteiger partial charge in [0.1, 0.15) is 10.7 Å². The highest BCUT2D eigenvalue weighted by Crippen LogP contribution is 2.24. The highest BCUT2D eigenvalue weighted by atomic mass is 35.7. The summed E-state index contributed by atoms with van der Waals surface area (Å²) in [5.74, 6) is -0.852.